The maximum Gasteiger partial charge on any atom is 0.433 e. The van der Waals surface area contributed by atoms with Crippen LogP contribution in [0, 0.1) is 5.41 Å². The number of hydrogen-bond acceptors (Lipinski definition) is 4. The smallest absolute Gasteiger partial charge is 0.300 e. The van der Waals surface area contributed by atoms with Crippen molar-refractivity contribution in [2.24, 2.45) is 5.41 Å². The van der Waals surface area contributed by atoms with Crippen LogP contribution in [0.25, 0.3) is 0 Å². The normalized spacial score (nSPS) is 34.0. The highest BCUT2D eigenvalue weighted by molar-refractivity contribution is 7.91. The fourth-order valence-electron chi connectivity index (χ4n) is 5.45. The van der Waals surface area contributed by atoms with Crippen molar-refractivity contribution in [3.05, 3.63) is 29.6 Å². The summed E-state index contributed by atoms with van der Waals surface area (Å²) in [4.78, 5) is 6.10. The molecule has 0 bridgehead atoms. The molecule has 4 nitrogen and oxygen atoms in total. The quantitative estimate of drug-likeness (QED) is 0.731. The highest BCUT2D eigenvalue weighted by Crippen LogP contribution is 2.43. The number of aromatic nitrogens is 1. The number of pyridine rings is 1. The summed E-state index contributed by atoms with van der Waals surface area (Å²) < 4.78 is 62.0. The SMILES string of the molecule is O=S1(=O)CC[C@]2(CCCN([C@H]3CC[C@H](c4ccc(C(F)(F)F)nc4)CC3)C2)C1. The summed E-state index contributed by atoms with van der Waals surface area (Å²) in [6.07, 6.45) is 3.75. The molecule has 3 heterocycles. The molecule has 1 aliphatic carbocycles. The van der Waals surface area contributed by atoms with E-state index in [4.69, 9.17) is 0 Å². The van der Waals surface area contributed by atoms with Crippen LogP contribution in [0.1, 0.15) is 62.1 Å². The monoisotopic (exact) mass is 416 g/mol. The standard InChI is InChI=1S/C20H27F3N2O2S/c21-20(22,23)18-7-4-16(12-24-18)15-2-5-17(6-3-15)25-10-1-8-19(13-25)9-11-28(26,27)14-19/h4,7,12,15,17H,1-3,5-6,8-11,13-14H2/t15-,17-,19-/m0/s1. The van der Waals surface area contributed by atoms with E-state index in [9.17, 15) is 21.6 Å². The van der Waals surface area contributed by atoms with Crippen LogP contribution in [0.3, 0.4) is 0 Å². The average Bonchev–Trinajstić information content (AvgIpc) is 2.95. The molecular weight excluding hydrogens is 389 g/mol. The van der Waals surface area contributed by atoms with Crippen LogP contribution in [0.5, 0.6) is 0 Å². The Morgan fingerprint density at radius 2 is 1.86 bits per heavy atom. The second kappa shape index (κ2) is 7.27. The summed E-state index contributed by atoms with van der Waals surface area (Å²) in [6, 6.07) is 3.11. The van der Waals surface area contributed by atoms with Crippen LogP contribution in [0.2, 0.25) is 0 Å². The Morgan fingerprint density at radius 3 is 2.43 bits per heavy atom. The van der Waals surface area contributed by atoms with Gasteiger partial charge in [0.15, 0.2) is 9.84 Å². The molecule has 8 heteroatoms. The summed E-state index contributed by atoms with van der Waals surface area (Å²) in [6.45, 7) is 1.91. The minimum absolute atomic E-state index is 0.0503. The molecule has 0 radical (unpaired) electrons. The van der Waals surface area contributed by atoms with Crippen molar-refractivity contribution >= 4 is 9.84 Å². The van der Waals surface area contributed by atoms with Gasteiger partial charge in [0.05, 0.1) is 11.5 Å². The van der Waals surface area contributed by atoms with Crippen LogP contribution >= 0.6 is 0 Å². The molecule has 1 aromatic heterocycles. The zero-order chi connectivity index (χ0) is 20.0. The van der Waals surface area contributed by atoms with Crippen molar-refractivity contribution in [3.8, 4) is 0 Å². The molecule has 1 saturated carbocycles. The van der Waals surface area contributed by atoms with E-state index in [0.717, 1.165) is 69.7 Å². The second-order valence-electron chi connectivity index (χ2n) is 8.90. The largest absolute Gasteiger partial charge is 0.433 e. The minimum Gasteiger partial charge on any atom is -0.300 e. The molecule has 156 valence electrons. The molecule has 3 aliphatic rings. The molecule has 1 atom stereocenters. The molecule has 1 aromatic rings. The van der Waals surface area contributed by atoms with E-state index in [-0.39, 0.29) is 11.3 Å². The van der Waals surface area contributed by atoms with Gasteiger partial charge >= 0.3 is 6.18 Å². The van der Waals surface area contributed by atoms with E-state index in [0.29, 0.717) is 17.5 Å². The van der Waals surface area contributed by atoms with Gasteiger partial charge < -0.3 is 0 Å². The summed E-state index contributed by atoms with van der Waals surface area (Å²) in [5, 5.41) is 0. The third kappa shape index (κ3) is 4.22. The predicted octanol–water partition coefficient (Wildman–Crippen LogP) is 4.03. The van der Waals surface area contributed by atoms with Crippen LogP contribution < -0.4 is 0 Å². The lowest BCUT2D eigenvalue weighted by atomic mass is 9.76. The van der Waals surface area contributed by atoms with Crippen molar-refractivity contribution < 1.29 is 21.6 Å². The van der Waals surface area contributed by atoms with Gasteiger partial charge in [-0.25, -0.2) is 8.42 Å². The van der Waals surface area contributed by atoms with Gasteiger partial charge in [-0.05, 0) is 74.5 Å². The van der Waals surface area contributed by atoms with E-state index in [1.807, 2.05) is 0 Å². The number of piperidine rings is 1. The van der Waals surface area contributed by atoms with Gasteiger partial charge in [-0.15, -0.1) is 0 Å². The van der Waals surface area contributed by atoms with Gasteiger partial charge in [0.1, 0.15) is 5.69 Å². The third-order valence-corrected chi connectivity index (χ3v) is 8.80. The van der Waals surface area contributed by atoms with Crippen LogP contribution in [-0.4, -0.2) is 48.9 Å². The molecule has 0 unspecified atom stereocenters. The molecule has 2 aliphatic heterocycles. The Kier molecular flexibility index (Phi) is 5.23. The number of nitrogens with zero attached hydrogens (tertiary/aromatic N) is 2. The molecule has 28 heavy (non-hydrogen) atoms. The Morgan fingerprint density at radius 1 is 1.11 bits per heavy atom. The first-order valence-electron chi connectivity index (χ1n) is 10.1. The highest BCUT2D eigenvalue weighted by Gasteiger charge is 2.46. The van der Waals surface area contributed by atoms with Gasteiger partial charge in [-0.1, -0.05) is 6.07 Å². The van der Waals surface area contributed by atoms with Crippen molar-refractivity contribution in [3.63, 3.8) is 0 Å². The zero-order valence-corrected chi connectivity index (χ0v) is 16.7. The van der Waals surface area contributed by atoms with E-state index in [1.54, 1.807) is 6.07 Å². The van der Waals surface area contributed by atoms with Gasteiger partial charge in [0, 0.05) is 18.8 Å². The first-order valence-corrected chi connectivity index (χ1v) is 12.0. The molecule has 1 spiro atoms. The van der Waals surface area contributed by atoms with Crippen LogP contribution in [0.4, 0.5) is 13.2 Å². The van der Waals surface area contributed by atoms with Crippen molar-refractivity contribution in [1.82, 2.24) is 9.88 Å². The highest BCUT2D eigenvalue weighted by atomic mass is 32.2. The lowest BCUT2D eigenvalue weighted by Crippen LogP contribution is -2.49. The molecule has 0 amide bonds. The van der Waals surface area contributed by atoms with E-state index >= 15 is 0 Å². The maximum atomic E-state index is 12.7. The topological polar surface area (TPSA) is 50.3 Å². The Labute approximate surface area is 164 Å². The summed E-state index contributed by atoms with van der Waals surface area (Å²) in [7, 11) is -2.88. The molecule has 0 N–H and O–H groups in total. The summed E-state index contributed by atoms with van der Waals surface area (Å²) >= 11 is 0. The number of rotatable bonds is 2. The van der Waals surface area contributed by atoms with E-state index in [1.165, 1.54) is 6.20 Å². The second-order valence-corrected chi connectivity index (χ2v) is 11.1. The first kappa shape index (κ1) is 20.1. The fourth-order valence-corrected chi connectivity index (χ4v) is 7.65. The third-order valence-electron chi connectivity index (χ3n) is 6.92. The lowest BCUT2D eigenvalue weighted by Gasteiger charge is -2.45. The summed E-state index contributed by atoms with van der Waals surface area (Å²) in [5.74, 6) is 0.925. The average molecular weight is 417 g/mol. The number of hydrogen-bond donors (Lipinski definition) is 0. The van der Waals surface area contributed by atoms with Gasteiger partial charge in [-0.2, -0.15) is 13.2 Å². The zero-order valence-electron chi connectivity index (χ0n) is 15.9. The molecule has 4 rings (SSSR count). The maximum absolute atomic E-state index is 12.7. The molecular formula is C20H27F3N2O2S. The lowest BCUT2D eigenvalue weighted by molar-refractivity contribution is -0.141. The van der Waals surface area contributed by atoms with E-state index < -0.39 is 21.7 Å². The number of halogens is 3. The van der Waals surface area contributed by atoms with Gasteiger partial charge in [-0.3, -0.25) is 9.88 Å². The summed E-state index contributed by atoms with van der Waals surface area (Å²) in [5.41, 5.74) is 0.00386. The Bertz CT molecular complexity index is 802. The number of sulfone groups is 1. The van der Waals surface area contributed by atoms with Crippen molar-refractivity contribution in [2.45, 2.75) is 63.1 Å². The molecule has 0 aromatic carbocycles. The number of alkyl halides is 3. The number of likely N-dealkylation sites (tertiary alicyclic amines) is 1. The van der Waals surface area contributed by atoms with Crippen LogP contribution in [-0.2, 0) is 16.0 Å². The Balaban J connectivity index is 1.35. The van der Waals surface area contributed by atoms with Crippen molar-refractivity contribution in [2.75, 3.05) is 24.6 Å². The predicted molar refractivity (Wildman–Crippen MR) is 101 cm³/mol. The molecule has 2 saturated heterocycles. The molecule has 3 fully saturated rings. The minimum atomic E-state index is -4.39. The van der Waals surface area contributed by atoms with Gasteiger partial charge in [0.25, 0.3) is 0 Å². The van der Waals surface area contributed by atoms with Crippen molar-refractivity contribution in [1.29, 1.82) is 0 Å². The first-order chi connectivity index (χ1) is 13.2. The fraction of sp³-hybridized carbons (Fsp3) is 0.750. The Hall–Kier alpha value is -1.15. The van der Waals surface area contributed by atoms with E-state index in [2.05, 4.69) is 9.88 Å². The van der Waals surface area contributed by atoms with Gasteiger partial charge in [0.2, 0.25) is 0 Å². The van der Waals surface area contributed by atoms with Crippen LogP contribution in [0.15, 0.2) is 18.3 Å².